The van der Waals surface area contributed by atoms with Crippen molar-refractivity contribution in [2.75, 3.05) is 11.5 Å². The molecule has 30 heavy (non-hydrogen) atoms. The van der Waals surface area contributed by atoms with Crippen LogP contribution in [0.1, 0.15) is 28.4 Å². The van der Waals surface area contributed by atoms with Gasteiger partial charge in [-0.25, -0.2) is 4.79 Å². The Morgan fingerprint density at radius 2 is 1.80 bits per heavy atom. The van der Waals surface area contributed by atoms with E-state index >= 15 is 0 Å². The largest absolute Gasteiger partial charge is 0.462 e. The Labute approximate surface area is 180 Å². The van der Waals surface area contributed by atoms with E-state index in [2.05, 4.69) is 4.98 Å². The van der Waals surface area contributed by atoms with Crippen molar-refractivity contribution < 1.29 is 14.3 Å². The van der Waals surface area contributed by atoms with Crippen molar-refractivity contribution in [3.8, 4) is 0 Å². The number of rotatable bonds is 7. The lowest BCUT2D eigenvalue weighted by Gasteiger charge is -2.22. The molecule has 6 heteroatoms. The average Bonchev–Trinajstić information content (AvgIpc) is 2.78. The summed E-state index contributed by atoms with van der Waals surface area (Å²) in [6.45, 7) is 2.41. The molecule has 0 unspecified atom stereocenters. The Kier molecular flexibility index (Phi) is 7.35. The molecule has 1 aromatic heterocycles. The SMILES string of the molecule is CCOC(=O)c1ccc(N(Cc2cccnc2)C(=O)/C=C/c2ccc(Cl)cc2)cc1. The Morgan fingerprint density at radius 3 is 2.43 bits per heavy atom. The van der Waals surface area contributed by atoms with E-state index in [1.54, 1.807) is 66.7 Å². The fourth-order valence-corrected chi connectivity index (χ4v) is 2.92. The quantitative estimate of drug-likeness (QED) is 0.391. The zero-order valence-electron chi connectivity index (χ0n) is 16.5. The van der Waals surface area contributed by atoms with E-state index < -0.39 is 5.97 Å². The molecule has 0 bridgehead atoms. The van der Waals surface area contributed by atoms with Gasteiger partial charge in [-0.05, 0) is 66.6 Å². The van der Waals surface area contributed by atoms with Crippen LogP contribution in [0.5, 0.6) is 0 Å². The van der Waals surface area contributed by atoms with Crippen LogP contribution in [-0.4, -0.2) is 23.5 Å². The first-order valence-electron chi connectivity index (χ1n) is 9.48. The molecule has 0 atom stereocenters. The summed E-state index contributed by atoms with van der Waals surface area (Å²) >= 11 is 5.91. The second kappa shape index (κ2) is 10.4. The van der Waals surface area contributed by atoms with Gasteiger partial charge in [0, 0.05) is 29.2 Å². The highest BCUT2D eigenvalue weighted by atomic mass is 35.5. The lowest BCUT2D eigenvalue weighted by molar-refractivity contribution is -0.114. The fourth-order valence-electron chi connectivity index (χ4n) is 2.79. The number of carbonyl (C=O) groups excluding carboxylic acids is 2. The third-order valence-corrected chi connectivity index (χ3v) is 4.56. The Balaban J connectivity index is 1.85. The number of anilines is 1. The third kappa shape index (κ3) is 5.78. The molecule has 1 amide bonds. The molecule has 0 fully saturated rings. The molecule has 152 valence electrons. The minimum atomic E-state index is -0.392. The number of ether oxygens (including phenoxy) is 1. The number of hydrogen-bond acceptors (Lipinski definition) is 4. The maximum absolute atomic E-state index is 13.0. The van der Waals surface area contributed by atoms with E-state index in [-0.39, 0.29) is 5.91 Å². The normalized spacial score (nSPS) is 10.7. The van der Waals surface area contributed by atoms with Gasteiger partial charge in [-0.1, -0.05) is 29.8 Å². The number of benzene rings is 2. The van der Waals surface area contributed by atoms with Crippen LogP contribution in [0.3, 0.4) is 0 Å². The van der Waals surface area contributed by atoms with Crippen LogP contribution >= 0.6 is 11.6 Å². The second-order valence-corrected chi connectivity index (χ2v) is 6.87. The first-order valence-corrected chi connectivity index (χ1v) is 9.86. The number of nitrogens with zero attached hydrogens (tertiary/aromatic N) is 2. The summed E-state index contributed by atoms with van der Waals surface area (Å²) in [4.78, 5) is 30.7. The molecule has 0 spiro atoms. The van der Waals surface area contributed by atoms with Crippen molar-refractivity contribution >= 4 is 35.2 Å². The highest BCUT2D eigenvalue weighted by molar-refractivity contribution is 6.30. The number of halogens is 1. The summed E-state index contributed by atoms with van der Waals surface area (Å²) in [5.74, 6) is -0.588. The van der Waals surface area contributed by atoms with Crippen LogP contribution in [-0.2, 0) is 16.1 Å². The van der Waals surface area contributed by atoms with Crippen molar-refractivity contribution in [2.45, 2.75) is 13.5 Å². The number of amides is 1. The molecule has 0 saturated heterocycles. The summed E-state index contributed by atoms with van der Waals surface area (Å²) in [7, 11) is 0. The molecule has 1 heterocycles. The predicted octanol–water partition coefficient (Wildman–Crippen LogP) is 5.16. The van der Waals surface area contributed by atoms with Crippen LogP contribution in [0.4, 0.5) is 5.69 Å². The number of carbonyl (C=O) groups is 2. The lowest BCUT2D eigenvalue weighted by atomic mass is 10.1. The molecule has 0 N–H and O–H groups in total. The summed E-state index contributed by atoms with van der Waals surface area (Å²) in [5.41, 5.74) is 2.86. The van der Waals surface area contributed by atoms with Crippen LogP contribution in [0.15, 0.2) is 79.1 Å². The Bertz CT molecular complexity index is 1020. The first kappa shape index (κ1) is 21.3. The molecule has 5 nitrogen and oxygen atoms in total. The Morgan fingerprint density at radius 1 is 1.07 bits per heavy atom. The van der Waals surface area contributed by atoms with Gasteiger partial charge in [-0.2, -0.15) is 0 Å². The van der Waals surface area contributed by atoms with Gasteiger partial charge in [0.05, 0.1) is 18.7 Å². The molecular formula is C24H21ClN2O3. The standard InChI is InChI=1S/C24H21ClN2O3/c1-2-30-24(29)20-8-12-22(13-9-20)27(17-19-4-3-15-26-16-19)23(28)14-7-18-5-10-21(25)11-6-18/h3-16H,2,17H2,1H3/b14-7+. The predicted molar refractivity (Wildman–Crippen MR) is 118 cm³/mol. The monoisotopic (exact) mass is 420 g/mol. The summed E-state index contributed by atoms with van der Waals surface area (Å²) in [5, 5.41) is 0.637. The third-order valence-electron chi connectivity index (χ3n) is 4.31. The van der Waals surface area contributed by atoms with Crippen molar-refractivity contribution in [3.63, 3.8) is 0 Å². The van der Waals surface area contributed by atoms with Crippen molar-refractivity contribution in [1.82, 2.24) is 4.98 Å². The molecule has 0 aliphatic rings. The maximum Gasteiger partial charge on any atom is 0.338 e. The minimum absolute atomic E-state index is 0.197. The summed E-state index contributed by atoms with van der Waals surface area (Å²) in [6, 6.07) is 17.7. The van der Waals surface area contributed by atoms with E-state index in [0.29, 0.717) is 29.4 Å². The maximum atomic E-state index is 13.0. The van der Waals surface area contributed by atoms with Gasteiger partial charge in [0.25, 0.3) is 5.91 Å². The summed E-state index contributed by atoms with van der Waals surface area (Å²) < 4.78 is 5.02. The van der Waals surface area contributed by atoms with Gasteiger partial charge in [0.2, 0.25) is 0 Å². The van der Waals surface area contributed by atoms with Crippen LogP contribution in [0.25, 0.3) is 6.08 Å². The minimum Gasteiger partial charge on any atom is -0.462 e. The van der Waals surface area contributed by atoms with Gasteiger partial charge in [0.15, 0.2) is 0 Å². The van der Waals surface area contributed by atoms with Crippen LogP contribution in [0.2, 0.25) is 5.02 Å². The first-order chi connectivity index (χ1) is 14.6. The smallest absolute Gasteiger partial charge is 0.338 e. The molecule has 0 aliphatic heterocycles. The van der Waals surface area contributed by atoms with Gasteiger partial charge in [0.1, 0.15) is 0 Å². The zero-order valence-corrected chi connectivity index (χ0v) is 17.3. The Hall–Kier alpha value is -3.44. The lowest BCUT2D eigenvalue weighted by Crippen LogP contribution is -2.28. The van der Waals surface area contributed by atoms with E-state index in [1.807, 2.05) is 24.3 Å². The zero-order chi connectivity index (χ0) is 21.3. The second-order valence-electron chi connectivity index (χ2n) is 6.44. The van der Waals surface area contributed by atoms with E-state index in [1.165, 1.54) is 6.08 Å². The van der Waals surface area contributed by atoms with Crippen LogP contribution < -0.4 is 4.90 Å². The van der Waals surface area contributed by atoms with Crippen molar-refractivity contribution in [2.24, 2.45) is 0 Å². The topological polar surface area (TPSA) is 59.5 Å². The molecular weight excluding hydrogens is 400 g/mol. The fraction of sp³-hybridized carbons (Fsp3) is 0.125. The van der Waals surface area contributed by atoms with Gasteiger partial charge < -0.3 is 9.64 Å². The van der Waals surface area contributed by atoms with Crippen molar-refractivity contribution in [1.29, 1.82) is 0 Å². The van der Waals surface area contributed by atoms with Gasteiger partial charge in [-0.15, -0.1) is 0 Å². The molecule has 0 saturated carbocycles. The van der Waals surface area contributed by atoms with E-state index in [4.69, 9.17) is 16.3 Å². The van der Waals surface area contributed by atoms with Gasteiger partial charge >= 0.3 is 5.97 Å². The van der Waals surface area contributed by atoms with E-state index in [9.17, 15) is 9.59 Å². The number of pyridine rings is 1. The molecule has 0 radical (unpaired) electrons. The summed E-state index contributed by atoms with van der Waals surface area (Å²) in [6.07, 6.45) is 6.65. The average molecular weight is 421 g/mol. The molecule has 3 rings (SSSR count). The number of esters is 1. The number of aromatic nitrogens is 1. The molecule has 0 aliphatic carbocycles. The molecule has 3 aromatic rings. The number of hydrogen-bond donors (Lipinski definition) is 0. The highest BCUT2D eigenvalue weighted by Gasteiger charge is 2.15. The molecule has 2 aromatic carbocycles. The van der Waals surface area contributed by atoms with E-state index in [0.717, 1.165) is 11.1 Å². The van der Waals surface area contributed by atoms with Gasteiger partial charge in [-0.3, -0.25) is 9.78 Å². The van der Waals surface area contributed by atoms with Crippen LogP contribution in [0, 0.1) is 0 Å². The highest BCUT2D eigenvalue weighted by Crippen LogP contribution is 2.20. The van der Waals surface area contributed by atoms with Crippen molar-refractivity contribution in [3.05, 3.63) is 101 Å².